The second kappa shape index (κ2) is 6.87. The molecule has 116 valence electrons. The normalized spacial score (nSPS) is 14.3. The van der Waals surface area contributed by atoms with Crippen LogP contribution in [0.3, 0.4) is 0 Å². The van der Waals surface area contributed by atoms with Crippen LogP contribution in [0, 0.1) is 0 Å². The van der Waals surface area contributed by atoms with E-state index in [2.05, 4.69) is 5.32 Å². The first-order valence-electron chi connectivity index (χ1n) is 6.58. The van der Waals surface area contributed by atoms with Crippen LogP contribution in [0.15, 0.2) is 11.3 Å². The van der Waals surface area contributed by atoms with Crippen LogP contribution in [0.25, 0.3) is 0 Å². The molecule has 0 spiro atoms. The summed E-state index contributed by atoms with van der Waals surface area (Å²) in [6.45, 7) is 6.42. The number of amides is 3. The van der Waals surface area contributed by atoms with Gasteiger partial charge in [0.25, 0.3) is 5.91 Å². The summed E-state index contributed by atoms with van der Waals surface area (Å²) in [6.07, 6.45) is 0. The highest BCUT2D eigenvalue weighted by atomic mass is 16.6. The zero-order valence-electron chi connectivity index (χ0n) is 12.4. The van der Waals surface area contributed by atoms with Crippen LogP contribution in [0.2, 0.25) is 0 Å². The Balaban J connectivity index is 3.29. The molecule has 0 unspecified atom stereocenters. The third-order valence-electron chi connectivity index (χ3n) is 2.61. The van der Waals surface area contributed by atoms with Gasteiger partial charge in [-0.05, 0) is 27.7 Å². The van der Waals surface area contributed by atoms with Gasteiger partial charge >= 0.3 is 18.0 Å². The molecule has 21 heavy (non-hydrogen) atoms. The zero-order chi connectivity index (χ0) is 16.2. The first-order chi connectivity index (χ1) is 9.84. The maximum absolute atomic E-state index is 12.2. The average Bonchev–Trinajstić information content (AvgIpc) is 2.65. The third kappa shape index (κ3) is 3.39. The van der Waals surface area contributed by atoms with E-state index in [0.717, 1.165) is 4.90 Å². The number of esters is 2. The highest BCUT2D eigenvalue weighted by molar-refractivity contribution is 6.24. The van der Waals surface area contributed by atoms with Crippen molar-refractivity contribution in [2.45, 2.75) is 33.7 Å². The van der Waals surface area contributed by atoms with Crippen LogP contribution in [0.5, 0.6) is 0 Å². The van der Waals surface area contributed by atoms with E-state index in [1.54, 1.807) is 27.7 Å². The predicted molar refractivity (Wildman–Crippen MR) is 70.8 cm³/mol. The largest absolute Gasteiger partial charge is 0.462 e. The van der Waals surface area contributed by atoms with Crippen LogP contribution in [0.4, 0.5) is 4.79 Å². The topological polar surface area (TPSA) is 102 Å². The van der Waals surface area contributed by atoms with Crippen molar-refractivity contribution < 1.29 is 28.7 Å². The maximum atomic E-state index is 12.2. The molecule has 1 saturated heterocycles. The molecular formula is C13H18N2O6. The van der Waals surface area contributed by atoms with E-state index in [4.69, 9.17) is 9.47 Å². The molecule has 0 aromatic heterocycles. The quantitative estimate of drug-likeness (QED) is 0.258. The minimum absolute atomic E-state index is 0.0189. The number of imide groups is 1. The molecule has 0 radical (unpaired) electrons. The molecule has 1 N–H and O–H groups in total. The fourth-order valence-electron chi connectivity index (χ4n) is 1.77. The lowest BCUT2D eigenvalue weighted by molar-refractivity contribution is -0.147. The van der Waals surface area contributed by atoms with Crippen molar-refractivity contribution in [3.63, 3.8) is 0 Å². The predicted octanol–water partition coefficient (Wildman–Crippen LogP) is 0.327. The zero-order valence-corrected chi connectivity index (χ0v) is 12.4. The Labute approximate surface area is 122 Å². The molecule has 3 amide bonds. The second-order valence-electron chi connectivity index (χ2n) is 4.39. The van der Waals surface area contributed by atoms with Crippen LogP contribution in [-0.4, -0.2) is 48.0 Å². The molecule has 1 heterocycles. The van der Waals surface area contributed by atoms with Gasteiger partial charge in [0.1, 0.15) is 5.70 Å². The lowest BCUT2D eigenvalue weighted by atomic mass is 10.2. The van der Waals surface area contributed by atoms with Crippen molar-refractivity contribution in [2.24, 2.45) is 0 Å². The number of rotatable bonds is 5. The molecule has 8 heteroatoms. The fraction of sp³-hybridized carbons (Fsp3) is 0.538. The molecule has 0 aromatic rings. The number of nitrogens with one attached hydrogen (secondary N) is 1. The minimum atomic E-state index is -1.01. The SMILES string of the molecule is CCOC(=O)C(C(=O)OCC)=C1NC(=O)N(C(C)C)C1=O. The Bertz CT molecular complexity index is 489. The number of nitrogens with zero attached hydrogens (tertiary/aromatic N) is 1. The summed E-state index contributed by atoms with van der Waals surface area (Å²) < 4.78 is 9.49. The molecule has 0 atom stereocenters. The summed E-state index contributed by atoms with van der Waals surface area (Å²) in [6, 6.07) is -1.11. The summed E-state index contributed by atoms with van der Waals surface area (Å²) in [4.78, 5) is 48.6. The summed E-state index contributed by atoms with van der Waals surface area (Å²) in [5.41, 5.74) is -1.01. The average molecular weight is 298 g/mol. The molecule has 1 aliphatic heterocycles. The summed E-state index contributed by atoms with van der Waals surface area (Å²) in [7, 11) is 0. The highest BCUT2D eigenvalue weighted by Gasteiger charge is 2.41. The van der Waals surface area contributed by atoms with Crippen LogP contribution in [0.1, 0.15) is 27.7 Å². The van der Waals surface area contributed by atoms with E-state index in [1.165, 1.54) is 0 Å². The van der Waals surface area contributed by atoms with Crippen molar-refractivity contribution in [3.8, 4) is 0 Å². The summed E-state index contributed by atoms with van der Waals surface area (Å²) in [5.74, 6) is -2.78. The number of carbonyl (C=O) groups is 4. The van der Waals surface area contributed by atoms with Crippen LogP contribution >= 0.6 is 0 Å². The van der Waals surface area contributed by atoms with E-state index < -0.39 is 41.2 Å². The van der Waals surface area contributed by atoms with Crippen molar-refractivity contribution in [1.82, 2.24) is 10.2 Å². The Kier molecular flexibility index (Phi) is 5.45. The molecule has 0 saturated carbocycles. The minimum Gasteiger partial charge on any atom is -0.462 e. The molecule has 0 bridgehead atoms. The molecule has 8 nitrogen and oxygen atoms in total. The van der Waals surface area contributed by atoms with Gasteiger partial charge in [0.2, 0.25) is 0 Å². The first kappa shape index (κ1) is 16.7. The second-order valence-corrected chi connectivity index (χ2v) is 4.39. The number of hydrogen-bond donors (Lipinski definition) is 1. The number of hydrogen-bond acceptors (Lipinski definition) is 6. The van der Waals surface area contributed by atoms with E-state index in [9.17, 15) is 19.2 Å². The van der Waals surface area contributed by atoms with Gasteiger partial charge in [0, 0.05) is 6.04 Å². The monoisotopic (exact) mass is 298 g/mol. The molecule has 0 aromatic carbocycles. The Morgan fingerprint density at radius 3 is 1.90 bits per heavy atom. The smallest absolute Gasteiger partial charge is 0.347 e. The fourth-order valence-corrected chi connectivity index (χ4v) is 1.77. The van der Waals surface area contributed by atoms with Crippen molar-refractivity contribution in [3.05, 3.63) is 11.3 Å². The standard InChI is InChI=1S/C13H18N2O6/c1-5-20-11(17)8(12(18)21-6-2)9-10(16)15(7(3)4)13(19)14-9/h7H,5-6H2,1-4H3,(H,14,19). The van der Waals surface area contributed by atoms with Gasteiger partial charge in [-0.25, -0.2) is 14.4 Å². The number of urea groups is 1. The van der Waals surface area contributed by atoms with Crippen molar-refractivity contribution in [1.29, 1.82) is 0 Å². The molecule has 1 rings (SSSR count). The Hall–Kier alpha value is -2.38. The maximum Gasteiger partial charge on any atom is 0.347 e. The Morgan fingerprint density at radius 1 is 1.10 bits per heavy atom. The summed E-state index contributed by atoms with van der Waals surface area (Å²) >= 11 is 0. The van der Waals surface area contributed by atoms with Crippen molar-refractivity contribution in [2.75, 3.05) is 13.2 Å². The van der Waals surface area contributed by atoms with Gasteiger partial charge in [-0.1, -0.05) is 0 Å². The van der Waals surface area contributed by atoms with Crippen LogP contribution in [-0.2, 0) is 23.9 Å². The van der Waals surface area contributed by atoms with Crippen LogP contribution < -0.4 is 5.32 Å². The lowest BCUT2D eigenvalue weighted by Crippen LogP contribution is -2.36. The molecule has 1 aliphatic rings. The molecule has 1 fully saturated rings. The summed E-state index contributed by atoms with van der Waals surface area (Å²) in [5, 5.41) is 2.23. The van der Waals surface area contributed by atoms with E-state index >= 15 is 0 Å². The number of carbonyl (C=O) groups excluding carboxylic acids is 4. The third-order valence-corrected chi connectivity index (χ3v) is 2.61. The van der Waals surface area contributed by atoms with Crippen molar-refractivity contribution >= 4 is 23.9 Å². The lowest BCUT2D eigenvalue weighted by Gasteiger charge is -2.15. The highest BCUT2D eigenvalue weighted by Crippen LogP contribution is 2.18. The molecular weight excluding hydrogens is 280 g/mol. The first-order valence-corrected chi connectivity index (χ1v) is 6.58. The Morgan fingerprint density at radius 2 is 1.57 bits per heavy atom. The van der Waals surface area contributed by atoms with Gasteiger partial charge in [-0.15, -0.1) is 0 Å². The number of ether oxygens (including phenoxy) is 2. The van der Waals surface area contributed by atoms with E-state index in [-0.39, 0.29) is 13.2 Å². The van der Waals surface area contributed by atoms with Gasteiger partial charge in [-0.2, -0.15) is 0 Å². The van der Waals surface area contributed by atoms with Gasteiger partial charge in [-0.3, -0.25) is 9.69 Å². The molecule has 0 aliphatic carbocycles. The van der Waals surface area contributed by atoms with Gasteiger partial charge < -0.3 is 14.8 Å². The van der Waals surface area contributed by atoms with Gasteiger partial charge in [0.05, 0.1) is 13.2 Å². The van der Waals surface area contributed by atoms with E-state index in [1.807, 2.05) is 0 Å². The van der Waals surface area contributed by atoms with Gasteiger partial charge in [0.15, 0.2) is 5.57 Å². The van der Waals surface area contributed by atoms with E-state index in [0.29, 0.717) is 0 Å².